The van der Waals surface area contributed by atoms with Gasteiger partial charge in [-0.25, -0.2) is 4.98 Å². The Morgan fingerprint density at radius 3 is 2.59 bits per heavy atom. The fourth-order valence-corrected chi connectivity index (χ4v) is 3.62. The van der Waals surface area contributed by atoms with E-state index in [9.17, 15) is 4.79 Å². The Kier molecular flexibility index (Phi) is 5.78. The number of anilines is 1. The molecule has 4 aromatic rings. The van der Waals surface area contributed by atoms with Crippen LogP contribution in [-0.4, -0.2) is 22.4 Å². The topological polar surface area (TPSA) is 55.6 Å². The van der Waals surface area contributed by atoms with Gasteiger partial charge in [0.05, 0.1) is 19.2 Å². The van der Waals surface area contributed by atoms with Crippen LogP contribution in [0.4, 0.5) is 5.69 Å². The summed E-state index contributed by atoms with van der Waals surface area (Å²) in [5.74, 6) is 0.694. The van der Waals surface area contributed by atoms with Crippen molar-refractivity contribution in [3.8, 4) is 17.0 Å². The first-order chi connectivity index (χ1) is 12.7. The van der Waals surface area contributed by atoms with Crippen molar-refractivity contribution in [1.29, 1.82) is 0 Å². The number of hydrogen-bond donors (Lipinski definition) is 1. The van der Waals surface area contributed by atoms with Crippen LogP contribution in [0.3, 0.4) is 0 Å². The van der Waals surface area contributed by atoms with Gasteiger partial charge in [-0.2, -0.15) is 0 Å². The lowest BCUT2D eigenvalue weighted by molar-refractivity contribution is -0.115. The van der Waals surface area contributed by atoms with Crippen LogP contribution < -0.4 is 10.1 Å². The third-order valence-corrected chi connectivity index (χ3v) is 4.96. The fourth-order valence-electron chi connectivity index (χ4n) is 2.75. The van der Waals surface area contributed by atoms with E-state index in [0.29, 0.717) is 0 Å². The molecule has 0 bridgehead atoms. The summed E-state index contributed by atoms with van der Waals surface area (Å²) in [6.45, 7) is 0. The van der Waals surface area contributed by atoms with Gasteiger partial charge < -0.3 is 10.1 Å². The number of thiazole rings is 1. The second-order valence-electron chi connectivity index (χ2n) is 5.83. The number of amides is 1. The standard InChI is InChI=1S/C20H17N3O2S.ClH/c1-25-17-9-7-15(8-10-17)21-19(24)11-16-13-26-20-22-18(12-23(16)20)14-5-3-2-4-6-14;/h2-10,12-13H,11H2,1H3,(H,21,24);1H. The summed E-state index contributed by atoms with van der Waals surface area (Å²) in [6.07, 6.45) is 2.27. The minimum absolute atomic E-state index is 0. The predicted molar refractivity (Wildman–Crippen MR) is 111 cm³/mol. The third kappa shape index (κ3) is 4.13. The summed E-state index contributed by atoms with van der Waals surface area (Å²) in [4.78, 5) is 17.9. The number of halogens is 1. The Morgan fingerprint density at radius 2 is 1.89 bits per heavy atom. The second kappa shape index (κ2) is 8.24. The highest BCUT2D eigenvalue weighted by atomic mass is 35.5. The molecule has 0 aliphatic rings. The molecule has 0 aliphatic carbocycles. The maximum Gasteiger partial charge on any atom is 0.230 e. The predicted octanol–water partition coefficient (Wildman–Crippen LogP) is 4.67. The van der Waals surface area contributed by atoms with Gasteiger partial charge in [-0.3, -0.25) is 9.20 Å². The lowest BCUT2D eigenvalue weighted by Crippen LogP contribution is -2.15. The summed E-state index contributed by atoms with van der Waals surface area (Å²) in [6, 6.07) is 17.3. The van der Waals surface area contributed by atoms with E-state index in [0.717, 1.165) is 33.3 Å². The average Bonchev–Trinajstić information content (AvgIpc) is 3.25. The van der Waals surface area contributed by atoms with Crippen LogP contribution in [0.25, 0.3) is 16.2 Å². The molecule has 27 heavy (non-hydrogen) atoms. The zero-order valence-electron chi connectivity index (χ0n) is 14.6. The van der Waals surface area contributed by atoms with Crippen molar-refractivity contribution < 1.29 is 9.53 Å². The molecule has 1 amide bonds. The van der Waals surface area contributed by atoms with Crippen molar-refractivity contribution in [2.24, 2.45) is 0 Å². The number of rotatable bonds is 5. The Labute approximate surface area is 167 Å². The monoisotopic (exact) mass is 399 g/mol. The summed E-state index contributed by atoms with van der Waals surface area (Å²) in [7, 11) is 1.62. The molecule has 1 N–H and O–H groups in total. The average molecular weight is 400 g/mol. The lowest BCUT2D eigenvalue weighted by atomic mass is 10.2. The molecule has 0 saturated heterocycles. The van der Waals surface area contributed by atoms with Crippen LogP contribution in [0.2, 0.25) is 0 Å². The maximum atomic E-state index is 12.4. The molecule has 0 unspecified atom stereocenters. The van der Waals surface area contributed by atoms with E-state index in [-0.39, 0.29) is 24.7 Å². The first-order valence-corrected chi connectivity index (χ1v) is 9.06. The quantitative estimate of drug-likeness (QED) is 0.530. The van der Waals surface area contributed by atoms with Gasteiger partial charge in [0, 0.05) is 28.5 Å². The SMILES string of the molecule is COc1ccc(NC(=O)Cc2csc3nc(-c4ccccc4)cn23)cc1.Cl. The van der Waals surface area contributed by atoms with Gasteiger partial charge in [-0.1, -0.05) is 30.3 Å². The van der Waals surface area contributed by atoms with Crippen molar-refractivity contribution in [1.82, 2.24) is 9.38 Å². The molecule has 0 radical (unpaired) electrons. The molecule has 7 heteroatoms. The Bertz CT molecular complexity index is 1040. The largest absolute Gasteiger partial charge is 0.497 e. The van der Waals surface area contributed by atoms with Crippen molar-refractivity contribution in [3.05, 3.63) is 71.9 Å². The zero-order valence-corrected chi connectivity index (χ0v) is 16.2. The molecule has 0 atom stereocenters. The molecule has 4 rings (SSSR count). The number of benzene rings is 2. The Balaban J connectivity index is 0.00000210. The molecule has 2 aromatic carbocycles. The number of imidazole rings is 1. The molecule has 138 valence electrons. The lowest BCUT2D eigenvalue weighted by Gasteiger charge is -2.06. The number of carbonyl (C=O) groups excluding carboxylic acids is 1. The summed E-state index contributed by atoms with van der Waals surface area (Å²) in [5, 5.41) is 4.89. The van der Waals surface area contributed by atoms with Gasteiger partial charge in [0.2, 0.25) is 5.91 Å². The summed E-state index contributed by atoms with van der Waals surface area (Å²) >= 11 is 1.54. The highest BCUT2D eigenvalue weighted by Gasteiger charge is 2.12. The number of nitrogens with one attached hydrogen (secondary N) is 1. The number of methoxy groups -OCH3 is 1. The van der Waals surface area contributed by atoms with Gasteiger partial charge >= 0.3 is 0 Å². The van der Waals surface area contributed by atoms with Gasteiger partial charge in [0.25, 0.3) is 0 Å². The Hall–Kier alpha value is -2.83. The van der Waals surface area contributed by atoms with Crippen molar-refractivity contribution in [2.75, 3.05) is 12.4 Å². The molecule has 2 aromatic heterocycles. The first kappa shape index (κ1) is 18.9. The van der Waals surface area contributed by atoms with Gasteiger partial charge in [-0.05, 0) is 24.3 Å². The second-order valence-corrected chi connectivity index (χ2v) is 6.66. The number of nitrogens with zero attached hydrogens (tertiary/aromatic N) is 2. The van der Waals surface area contributed by atoms with Crippen LogP contribution in [0, 0.1) is 0 Å². The van der Waals surface area contributed by atoms with Crippen LogP contribution in [0.5, 0.6) is 5.75 Å². The normalized spacial score (nSPS) is 10.4. The summed E-state index contributed by atoms with van der Waals surface area (Å²) in [5.41, 5.74) is 3.65. The van der Waals surface area contributed by atoms with E-state index in [2.05, 4.69) is 10.3 Å². The van der Waals surface area contributed by atoms with E-state index in [4.69, 9.17) is 4.74 Å². The smallest absolute Gasteiger partial charge is 0.230 e. The minimum atomic E-state index is -0.0650. The van der Waals surface area contributed by atoms with Gasteiger partial charge in [0.15, 0.2) is 4.96 Å². The number of carbonyl (C=O) groups is 1. The highest BCUT2D eigenvalue weighted by molar-refractivity contribution is 7.15. The third-order valence-electron chi connectivity index (χ3n) is 4.07. The molecule has 0 spiro atoms. The van der Waals surface area contributed by atoms with E-state index >= 15 is 0 Å². The van der Waals surface area contributed by atoms with Crippen molar-refractivity contribution >= 4 is 40.3 Å². The van der Waals surface area contributed by atoms with E-state index in [1.807, 2.05) is 70.6 Å². The van der Waals surface area contributed by atoms with E-state index < -0.39 is 0 Å². The summed E-state index contributed by atoms with van der Waals surface area (Å²) < 4.78 is 7.11. The van der Waals surface area contributed by atoms with Gasteiger partial charge in [-0.15, -0.1) is 23.7 Å². The zero-order chi connectivity index (χ0) is 17.9. The first-order valence-electron chi connectivity index (χ1n) is 8.18. The van der Waals surface area contributed by atoms with Crippen LogP contribution in [0.15, 0.2) is 66.2 Å². The molecule has 5 nitrogen and oxygen atoms in total. The Morgan fingerprint density at radius 1 is 1.15 bits per heavy atom. The molecule has 0 aliphatic heterocycles. The number of ether oxygens (including phenoxy) is 1. The highest BCUT2D eigenvalue weighted by Crippen LogP contribution is 2.24. The van der Waals surface area contributed by atoms with Crippen LogP contribution in [-0.2, 0) is 11.2 Å². The number of fused-ring (bicyclic) bond motifs is 1. The molecule has 0 saturated carbocycles. The van der Waals surface area contributed by atoms with Crippen LogP contribution >= 0.6 is 23.7 Å². The van der Waals surface area contributed by atoms with Crippen molar-refractivity contribution in [3.63, 3.8) is 0 Å². The molecular formula is C20H18ClN3O2S. The van der Waals surface area contributed by atoms with Gasteiger partial charge in [0.1, 0.15) is 5.75 Å². The number of hydrogen-bond acceptors (Lipinski definition) is 4. The molecular weight excluding hydrogens is 382 g/mol. The van der Waals surface area contributed by atoms with E-state index in [1.54, 1.807) is 7.11 Å². The van der Waals surface area contributed by atoms with Crippen molar-refractivity contribution in [2.45, 2.75) is 6.42 Å². The molecule has 2 heterocycles. The maximum absolute atomic E-state index is 12.4. The minimum Gasteiger partial charge on any atom is -0.497 e. The number of aromatic nitrogens is 2. The van der Waals surface area contributed by atoms with Crippen LogP contribution in [0.1, 0.15) is 5.69 Å². The van der Waals surface area contributed by atoms with E-state index in [1.165, 1.54) is 11.3 Å². The molecule has 0 fully saturated rings. The fraction of sp³-hybridized carbons (Fsp3) is 0.100.